The number of hydrogen-bond acceptors (Lipinski definition) is 2. The third-order valence-electron chi connectivity index (χ3n) is 8.36. The van der Waals surface area contributed by atoms with Crippen molar-refractivity contribution in [3.63, 3.8) is 0 Å². The quantitative estimate of drug-likeness (QED) is 0.379. The molecule has 0 aliphatic carbocycles. The minimum atomic E-state index is -0.500. The molecule has 172 valence electrons. The van der Waals surface area contributed by atoms with Crippen LogP contribution in [0.4, 0.5) is 0 Å². The smallest absolute Gasteiger partial charge is 0.131 e. The summed E-state index contributed by atoms with van der Waals surface area (Å²) in [4.78, 5) is 4.53. The van der Waals surface area contributed by atoms with Crippen LogP contribution in [0, 0.1) is 11.8 Å². The second-order valence-electron chi connectivity index (χ2n) is 11.3. The summed E-state index contributed by atoms with van der Waals surface area (Å²) in [6.45, 7) is 14.1. The summed E-state index contributed by atoms with van der Waals surface area (Å²) >= 11 is 0. The molecule has 4 heterocycles. The van der Waals surface area contributed by atoms with Crippen molar-refractivity contribution in [2.45, 2.75) is 57.7 Å². The molecule has 3 aliphatic heterocycles. The molecule has 0 saturated carbocycles. The van der Waals surface area contributed by atoms with E-state index in [-0.39, 0.29) is 11.5 Å². The fourth-order valence-electron chi connectivity index (χ4n) is 6.44. The molecular weight excluding hydrogens is 404 g/mol. The van der Waals surface area contributed by atoms with E-state index in [0.717, 1.165) is 47.0 Å². The number of aliphatic hydroxyl groups excluding tert-OH is 1. The zero-order valence-electron chi connectivity index (χ0n) is 20.2. The molecule has 5 atom stereocenters. The van der Waals surface area contributed by atoms with Crippen molar-refractivity contribution in [2.75, 3.05) is 13.1 Å². The van der Waals surface area contributed by atoms with Crippen LogP contribution in [0.1, 0.15) is 56.4 Å². The predicted octanol–water partition coefficient (Wildman–Crippen LogP) is 6.18. The summed E-state index contributed by atoms with van der Waals surface area (Å²) in [6.07, 6.45) is 5.79. The Morgan fingerprint density at radius 1 is 1.12 bits per heavy atom. The molecule has 2 bridgehead atoms. The first-order chi connectivity index (χ1) is 15.8. The minimum Gasteiger partial charge on any atom is -0.382 e. The fourth-order valence-corrected chi connectivity index (χ4v) is 6.44. The molecule has 0 unspecified atom stereocenters. The molecule has 3 saturated heterocycles. The largest absolute Gasteiger partial charge is 0.382 e. The van der Waals surface area contributed by atoms with Gasteiger partial charge in [0.1, 0.15) is 18.7 Å². The van der Waals surface area contributed by atoms with E-state index in [9.17, 15) is 5.11 Å². The molecule has 3 aromatic rings. The Morgan fingerprint density at radius 3 is 2.61 bits per heavy atom. The number of rotatable bonds is 5. The zero-order valence-corrected chi connectivity index (χ0v) is 20.2. The molecule has 0 amide bonds. The van der Waals surface area contributed by atoms with Crippen molar-refractivity contribution in [2.24, 2.45) is 11.8 Å². The van der Waals surface area contributed by atoms with E-state index in [0.29, 0.717) is 11.8 Å². The molecule has 6 rings (SSSR count). The van der Waals surface area contributed by atoms with Crippen LogP contribution >= 0.6 is 0 Å². The van der Waals surface area contributed by atoms with E-state index >= 15 is 0 Å². The lowest BCUT2D eigenvalue weighted by molar-refractivity contribution is -0.984. The van der Waals surface area contributed by atoms with Gasteiger partial charge in [0.25, 0.3) is 0 Å². The van der Waals surface area contributed by atoms with Crippen LogP contribution in [-0.4, -0.2) is 33.7 Å². The fraction of sp³-hybridized carbons (Fsp3) is 0.433. The van der Waals surface area contributed by atoms with Gasteiger partial charge in [0.15, 0.2) is 0 Å². The number of fused-ring (bicyclic) bond motifs is 4. The van der Waals surface area contributed by atoms with Crippen LogP contribution in [0.25, 0.3) is 10.9 Å². The van der Waals surface area contributed by atoms with Gasteiger partial charge < -0.3 is 9.59 Å². The van der Waals surface area contributed by atoms with E-state index in [1.807, 2.05) is 30.5 Å². The van der Waals surface area contributed by atoms with E-state index in [1.54, 1.807) is 0 Å². The molecular formula is C30H37N2O+. The lowest BCUT2D eigenvalue weighted by Crippen LogP contribution is -2.67. The Bertz CT molecular complexity index is 1140. The Balaban J connectivity index is 1.51. The summed E-state index contributed by atoms with van der Waals surface area (Å²) in [7, 11) is 0. The average molecular weight is 442 g/mol. The van der Waals surface area contributed by atoms with Crippen LogP contribution in [0.2, 0.25) is 0 Å². The van der Waals surface area contributed by atoms with Gasteiger partial charge in [-0.2, -0.15) is 0 Å². The minimum absolute atomic E-state index is 0.156. The van der Waals surface area contributed by atoms with Gasteiger partial charge >= 0.3 is 0 Å². The number of piperidine rings is 3. The molecule has 3 aliphatic rings. The number of quaternary nitrogens is 1. The number of pyridine rings is 1. The summed E-state index contributed by atoms with van der Waals surface area (Å²) < 4.78 is 0.944. The van der Waals surface area contributed by atoms with E-state index in [1.165, 1.54) is 17.5 Å². The van der Waals surface area contributed by atoms with Crippen molar-refractivity contribution in [3.05, 3.63) is 90.1 Å². The molecule has 2 aromatic carbocycles. The van der Waals surface area contributed by atoms with Gasteiger partial charge in [-0.05, 0) is 34.6 Å². The summed E-state index contributed by atoms with van der Waals surface area (Å²) in [5.74, 6) is 1.16. The van der Waals surface area contributed by atoms with Crippen LogP contribution in [-0.2, 0) is 12.0 Å². The first-order valence-electron chi connectivity index (χ1n) is 12.4. The number of hydrogen-bond donors (Lipinski definition) is 1. The van der Waals surface area contributed by atoms with E-state index < -0.39 is 6.10 Å². The van der Waals surface area contributed by atoms with Gasteiger partial charge in [-0.25, -0.2) is 0 Å². The van der Waals surface area contributed by atoms with Crippen molar-refractivity contribution in [1.29, 1.82) is 0 Å². The summed E-state index contributed by atoms with van der Waals surface area (Å²) in [5.41, 5.74) is 4.87. The monoisotopic (exact) mass is 441 g/mol. The molecule has 1 aromatic heterocycles. The van der Waals surface area contributed by atoms with E-state index in [2.05, 4.69) is 68.7 Å². The highest BCUT2D eigenvalue weighted by molar-refractivity contribution is 5.82. The summed E-state index contributed by atoms with van der Waals surface area (Å²) in [6, 6.07) is 19.6. The van der Waals surface area contributed by atoms with Gasteiger partial charge in [0.2, 0.25) is 0 Å². The van der Waals surface area contributed by atoms with Crippen LogP contribution < -0.4 is 0 Å². The molecule has 3 fully saturated rings. The van der Waals surface area contributed by atoms with Gasteiger partial charge in [-0.1, -0.05) is 69.3 Å². The first-order valence-corrected chi connectivity index (χ1v) is 12.4. The second-order valence-corrected chi connectivity index (χ2v) is 11.3. The summed E-state index contributed by atoms with van der Waals surface area (Å²) in [5, 5.41) is 12.9. The number of nitrogens with zero attached hydrogens (tertiary/aromatic N) is 2. The van der Waals surface area contributed by atoms with Gasteiger partial charge in [-0.15, -0.1) is 6.58 Å². The standard InChI is InChI=1S/C30H37N2O/c1-5-22-20-32(19-21-10-12-24(13-11-21)30(2,3)4)17-15-23(22)18-28(32)29(33)26-14-16-31-27-9-7-6-8-25(26)27/h5-14,16,22-23,28-29,33H,1,15,17-20H2,2-4H3/q+1/t22-,23-,28+,29-,32+/m0/s1. The zero-order chi connectivity index (χ0) is 23.2. The van der Waals surface area contributed by atoms with E-state index in [4.69, 9.17) is 0 Å². The van der Waals surface area contributed by atoms with Gasteiger partial charge in [0, 0.05) is 35.9 Å². The third kappa shape index (κ3) is 4.02. The number of aromatic nitrogens is 1. The molecule has 33 heavy (non-hydrogen) atoms. The van der Waals surface area contributed by atoms with Crippen molar-refractivity contribution in [3.8, 4) is 0 Å². The Kier molecular flexibility index (Phi) is 5.66. The maximum atomic E-state index is 11.8. The lowest BCUT2D eigenvalue weighted by atomic mass is 9.71. The average Bonchev–Trinajstić information content (AvgIpc) is 2.83. The first kappa shape index (κ1) is 22.3. The highest BCUT2D eigenvalue weighted by Gasteiger charge is 2.54. The van der Waals surface area contributed by atoms with Crippen molar-refractivity contribution in [1.82, 2.24) is 4.98 Å². The Morgan fingerprint density at radius 2 is 1.88 bits per heavy atom. The Labute approximate surface area is 198 Å². The highest BCUT2D eigenvalue weighted by Crippen LogP contribution is 2.48. The maximum Gasteiger partial charge on any atom is 0.131 e. The number of benzene rings is 2. The highest BCUT2D eigenvalue weighted by atomic mass is 16.3. The molecule has 3 nitrogen and oxygen atoms in total. The van der Waals surface area contributed by atoms with Crippen LogP contribution in [0.3, 0.4) is 0 Å². The lowest BCUT2D eigenvalue weighted by Gasteiger charge is -2.58. The van der Waals surface area contributed by atoms with Gasteiger partial charge in [0.05, 0.1) is 18.6 Å². The van der Waals surface area contributed by atoms with Gasteiger partial charge in [-0.3, -0.25) is 4.98 Å². The molecule has 0 radical (unpaired) electrons. The van der Waals surface area contributed by atoms with Crippen molar-refractivity contribution >= 4 is 10.9 Å². The maximum absolute atomic E-state index is 11.8. The van der Waals surface area contributed by atoms with Crippen LogP contribution in [0.15, 0.2) is 73.4 Å². The molecule has 3 heteroatoms. The topological polar surface area (TPSA) is 33.1 Å². The third-order valence-corrected chi connectivity index (χ3v) is 8.36. The Hall–Kier alpha value is -2.49. The SMILES string of the molecule is C=C[C@H]1C[N@+]2(Cc3ccc(C(C)(C)C)cc3)CC[C@H]1C[C@@H]2[C@@H](O)c1ccnc2ccccc12. The molecule has 1 N–H and O–H groups in total. The van der Waals surface area contributed by atoms with Crippen molar-refractivity contribution < 1.29 is 9.59 Å². The van der Waals surface area contributed by atoms with Crippen LogP contribution in [0.5, 0.6) is 0 Å². The number of para-hydroxylation sites is 1. The predicted molar refractivity (Wildman–Crippen MR) is 136 cm³/mol. The second kappa shape index (κ2) is 8.38. The number of aliphatic hydroxyl groups is 1. The molecule has 0 spiro atoms. The normalized spacial score (nSPS) is 28.1.